The molecule has 0 N–H and O–H groups in total. The standard InChI is InChI=1S/C16H22N2O6S/c1-17(11-15(19)23-2)25(21,22)14-8-9-18(10-14)16(20)24-12-13-6-4-3-5-7-13/h3-7,14H,8-12H2,1-2H3. The number of carbonyl (C=O) groups is 2. The fraction of sp³-hybridized carbons (Fsp3) is 0.500. The van der Waals surface area contributed by atoms with Crippen LogP contribution in [0.2, 0.25) is 0 Å². The van der Waals surface area contributed by atoms with E-state index in [0.29, 0.717) is 13.0 Å². The van der Waals surface area contributed by atoms with Gasteiger partial charge < -0.3 is 14.4 Å². The maximum Gasteiger partial charge on any atom is 0.410 e. The van der Waals surface area contributed by atoms with Gasteiger partial charge in [-0.15, -0.1) is 0 Å². The van der Waals surface area contributed by atoms with Gasteiger partial charge in [0.15, 0.2) is 0 Å². The van der Waals surface area contributed by atoms with Gasteiger partial charge in [0.1, 0.15) is 13.2 Å². The van der Waals surface area contributed by atoms with Gasteiger partial charge in [-0.3, -0.25) is 4.79 Å². The molecule has 0 saturated carbocycles. The highest BCUT2D eigenvalue weighted by atomic mass is 32.2. The average molecular weight is 370 g/mol. The van der Waals surface area contributed by atoms with Gasteiger partial charge in [-0.2, -0.15) is 4.31 Å². The first kappa shape index (κ1) is 19.2. The number of methoxy groups -OCH3 is 1. The van der Waals surface area contributed by atoms with Gasteiger partial charge in [-0.1, -0.05) is 30.3 Å². The normalized spacial score (nSPS) is 17.6. The van der Waals surface area contributed by atoms with E-state index >= 15 is 0 Å². The smallest absolute Gasteiger partial charge is 0.410 e. The number of sulfonamides is 1. The first-order valence-corrected chi connectivity index (χ1v) is 9.32. The fourth-order valence-electron chi connectivity index (χ4n) is 2.54. The van der Waals surface area contributed by atoms with Crippen LogP contribution in [0.3, 0.4) is 0 Å². The Hall–Kier alpha value is -2.13. The van der Waals surface area contributed by atoms with E-state index in [2.05, 4.69) is 4.74 Å². The van der Waals surface area contributed by atoms with Crippen molar-refractivity contribution in [3.63, 3.8) is 0 Å². The van der Waals surface area contributed by atoms with E-state index in [1.54, 1.807) is 0 Å². The Morgan fingerprint density at radius 3 is 2.60 bits per heavy atom. The summed E-state index contributed by atoms with van der Waals surface area (Å²) in [6.45, 7) is 0.120. The van der Waals surface area contributed by atoms with Gasteiger partial charge in [0.05, 0.1) is 12.4 Å². The van der Waals surface area contributed by atoms with Crippen LogP contribution < -0.4 is 0 Å². The van der Waals surface area contributed by atoms with Crippen molar-refractivity contribution in [2.24, 2.45) is 0 Å². The number of likely N-dealkylation sites (tertiary alicyclic amines) is 1. The van der Waals surface area contributed by atoms with E-state index in [1.165, 1.54) is 19.1 Å². The number of hydrogen-bond donors (Lipinski definition) is 0. The van der Waals surface area contributed by atoms with Gasteiger partial charge in [-0.25, -0.2) is 13.2 Å². The molecule has 0 spiro atoms. The third kappa shape index (κ3) is 4.93. The third-order valence-corrected chi connectivity index (χ3v) is 6.27. The molecular weight excluding hydrogens is 348 g/mol. The number of hydrogen-bond acceptors (Lipinski definition) is 6. The number of benzene rings is 1. The molecule has 1 atom stereocenters. The highest BCUT2D eigenvalue weighted by Gasteiger charge is 2.38. The van der Waals surface area contributed by atoms with Crippen molar-refractivity contribution in [2.75, 3.05) is 33.8 Å². The molecule has 1 saturated heterocycles. The minimum Gasteiger partial charge on any atom is -0.468 e. The van der Waals surface area contributed by atoms with Gasteiger partial charge in [0.2, 0.25) is 10.0 Å². The minimum absolute atomic E-state index is 0.0431. The molecule has 9 heteroatoms. The molecule has 1 fully saturated rings. The van der Waals surface area contributed by atoms with Crippen LogP contribution in [0.5, 0.6) is 0 Å². The Kier molecular flexibility index (Phi) is 6.38. The van der Waals surface area contributed by atoms with E-state index in [-0.39, 0.29) is 19.7 Å². The lowest BCUT2D eigenvalue weighted by Crippen LogP contribution is -2.41. The van der Waals surface area contributed by atoms with Crippen LogP contribution in [0.4, 0.5) is 4.79 Å². The first-order valence-electron chi connectivity index (χ1n) is 7.82. The third-order valence-electron chi connectivity index (χ3n) is 4.04. The van der Waals surface area contributed by atoms with Gasteiger partial charge in [0.25, 0.3) is 0 Å². The molecule has 2 rings (SSSR count). The zero-order valence-corrected chi connectivity index (χ0v) is 15.1. The van der Waals surface area contributed by atoms with Crippen LogP contribution in [-0.2, 0) is 30.9 Å². The van der Waals surface area contributed by atoms with Crippen molar-refractivity contribution in [1.82, 2.24) is 9.21 Å². The van der Waals surface area contributed by atoms with Crippen molar-refractivity contribution in [3.05, 3.63) is 35.9 Å². The van der Waals surface area contributed by atoms with Crippen LogP contribution in [-0.4, -0.2) is 68.7 Å². The summed E-state index contributed by atoms with van der Waals surface area (Å²) in [4.78, 5) is 24.7. The molecule has 1 aliphatic heterocycles. The Labute approximate surface area is 147 Å². The van der Waals surface area contributed by atoms with Gasteiger partial charge in [0, 0.05) is 20.1 Å². The van der Waals surface area contributed by atoms with Crippen molar-refractivity contribution in [3.8, 4) is 0 Å². The van der Waals surface area contributed by atoms with Crippen molar-refractivity contribution >= 4 is 22.1 Å². The predicted molar refractivity (Wildman–Crippen MR) is 90.2 cm³/mol. The van der Waals surface area contributed by atoms with Crippen LogP contribution in [0.15, 0.2) is 30.3 Å². The van der Waals surface area contributed by atoms with Gasteiger partial charge in [-0.05, 0) is 12.0 Å². The van der Waals surface area contributed by atoms with Crippen LogP contribution >= 0.6 is 0 Å². The van der Waals surface area contributed by atoms with Crippen LogP contribution in [0, 0.1) is 0 Å². The summed E-state index contributed by atoms with van der Waals surface area (Å²) in [6, 6.07) is 9.24. The monoisotopic (exact) mass is 370 g/mol. The molecule has 138 valence electrons. The molecular formula is C16H22N2O6S. The Balaban J connectivity index is 1.89. The number of amides is 1. The molecule has 1 aromatic rings. The predicted octanol–water partition coefficient (Wildman–Crippen LogP) is 0.832. The molecule has 1 heterocycles. The fourth-order valence-corrected chi connectivity index (χ4v) is 4.10. The average Bonchev–Trinajstić information content (AvgIpc) is 3.11. The number of esters is 1. The maximum absolute atomic E-state index is 12.5. The lowest BCUT2D eigenvalue weighted by Gasteiger charge is -2.21. The molecule has 0 radical (unpaired) electrons. The Bertz CT molecular complexity index is 707. The quantitative estimate of drug-likeness (QED) is 0.689. The molecule has 8 nitrogen and oxygen atoms in total. The number of likely N-dealkylation sites (N-methyl/N-ethyl adjacent to an activating group) is 1. The molecule has 1 amide bonds. The Morgan fingerprint density at radius 2 is 1.96 bits per heavy atom. The Morgan fingerprint density at radius 1 is 1.28 bits per heavy atom. The second-order valence-electron chi connectivity index (χ2n) is 5.77. The lowest BCUT2D eigenvalue weighted by molar-refractivity contribution is -0.140. The van der Waals surface area contributed by atoms with Crippen molar-refractivity contribution in [1.29, 1.82) is 0 Å². The molecule has 25 heavy (non-hydrogen) atoms. The van der Waals surface area contributed by atoms with E-state index in [0.717, 1.165) is 9.87 Å². The number of rotatable bonds is 6. The van der Waals surface area contributed by atoms with E-state index in [9.17, 15) is 18.0 Å². The van der Waals surface area contributed by atoms with Crippen molar-refractivity contribution in [2.45, 2.75) is 18.3 Å². The zero-order valence-electron chi connectivity index (χ0n) is 14.3. The molecule has 1 aromatic carbocycles. The summed E-state index contributed by atoms with van der Waals surface area (Å²) < 4.78 is 35.6. The number of nitrogens with zero attached hydrogens (tertiary/aromatic N) is 2. The summed E-state index contributed by atoms with van der Waals surface area (Å²) in [7, 11) is -1.18. The van der Waals surface area contributed by atoms with E-state index in [4.69, 9.17) is 4.74 Å². The second kappa shape index (κ2) is 8.30. The molecule has 0 aromatic heterocycles. The number of carbonyl (C=O) groups excluding carboxylic acids is 2. The first-order chi connectivity index (χ1) is 11.8. The summed E-state index contributed by atoms with van der Waals surface area (Å²) in [5.74, 6) is -0.636. The van der Waals surface area contributed by atoms with Gasteiger partial charge >= 0.3 is 12.1 Å². The largest absolute Gasteiger partial charge is 0.468 e. The van der Waals surface area contributed by atoms with E-state index in [1.807, 2.05) is 30.3 Å². The zero-order chi connectivity index (χ0) is 18.4. The lowest BCUT2D eigenvalue weighted by atomic mass is 10.2. The highest BCUT2D eigenvalue weighted by Crippen LogP contribution is 2.20. The second-order valence-corrected chi connectivity index (χ2v) is 8.09. The summed E-state index contributed by atoms with van der Waals surface area (Å²) in [5.41, 5.74) is 0.858. The molecule has 1 unspecified atom stereocenters. The maximum atomic E-state index is 12.5. The molecule has 1 aliphatic rings. The number of ether oxygens (including phenoxy) is 2. The van der Waals surface area contributed by atoms with Crippen molar-refractivity contribution < 1.29 is 27.5 Å². The SMILES string of the molecule is COC(=O)CN(C)S(=O)(=O)C1CCN(C(=O)OCc2ccccc2)C1. The molecule has 0 aliphatic carbocycles. The topological polar surface area (TPSA) is 93.2 Å². The van der Waals surface area contributed by atoms with E-state index < -0.39 is 27.3 Å². The summed E-state index contributed by atoms with van der Waals surface area (Å²) >= 11 is 0. The summed E-state index contributed by atoms with van der Waals surface area (Å²) in [5, 5.41) is -0.758. The van der Waals surface area contributed by atoms with Crippen LogP contribution in [0.1, 0.15) is 12.0 Å². The highest BCUT2D eigenvalue weighted by molar-refractivity contribution is 7.89. The summed E-state index contributed by atoms with van der Waals surface area (Å²) in [6.07, 6.45) is -0.244. The minimum atomic E-state index is -3.69. The van der Waals surface area contributed by atoms with Crippen LogP contribution in [0.25, 0.3) is 0 Å². The molecule has 0 bridgehead atoms.